The molecule has 6 nitrogen and oxygen atoms in total. The van der Waals surface area contributed by atoms with Gasteiger partial charge < -0.3 is 10.2 Å². The van der Waals surface area contributed by atoms with Gasteiger partial charge in [0.2, 0.25) is 0 Å². The Morgan fingerprint density at radius 2 is 1.80 bits per heavy atom. The molecule has 2 amide bonds. The molecular formula is C18H16N4O2S. The minimum atomic E-state index is -0.266. The number of amides is 2. The second-order valence-electron chi connectivity index (χ2n) is 5.12. The third-order valence-electron chi connectivity index (χ3n) is 3.39. The number of hydrogen-bond donors (Lipinski definition) is 1. The Bertz CT molecular complexity index is 800. The minimum Gasteiger partial charge on any atom is -0.337 e. The van der Waals surface area contributed by atoms with Crippen molar-refractivity contribution in [2.24, 2.45) is 0 Å². The fraction of sp³-hybridized carbons (Fsp3) is 0.222. The summed E-state index contributed by atoms with van der Waals surface area (Å²) in [7, 11) is 0. The lowest BCUT2D eigenvalue weighted by Gasteiger charge is -2.20. The van der Waals surface area contributed by atoms with Gasteiger partial charge in [-0.2, -0.15) is 10.5 Å². The zero-order valence-corrected chi connectivity index (χ0v) is 14.3. The number of nitrogens with one attached hydrogen (secondary N) is 1. The summed E-state index contributed by atoms with van der Waals surface area (Å²) in [4.78, 5) is 26.8. The fourth-order valence-electron chi connectivity index (χ4n) is 2.20. The number of rotatable bonds is 7. The lowest BCUT2D eigenvalue weighted by Crippen LogP contribution is -2.32. The van der Waals surface area contributed by atoms with Crippen LogP contribution >= 0.6 is 11.3 Å². The second kappa shape index (κ2) is 9.21. The fourth-order valence-corrected chi connectivity index (χ4v) is 2.82. The molecule has 0 atom stereocenters. The van der Waals surface area contributed by atoms with E-state index < -0.39 is 0 Å². The van der Waals surface area contributed by atoms with Crippen LogP contribution in [0.2, 0.25) is 0 Å². The molecule has 7 heteroatoms. The maximum Gasteiger partial charge on any atom is 0.265 e. The lowest BCUT2D eigenvalue weighted by atomic mass is 10.1. The van der Waals surface area contributed by atoms with Crippen LogP contribution in [0.25, 0.3) is 0 Å². The molecule has 2 aromatic rings. The first-order chi connectivity index (χ1) is 12.2. The van der Waals surface area contributed by atoms with E-state index in [4.69, 9.17) is 10.5 Å². The van der Waals surface area contributed by atoms with Crippen molar-refractivity contribution in [3.8, 4) is 12.1 Å². The summed E-state index contributed by atoms with van der Waals surface area (Å²) in [6.45, 7) is 0.533. The Hall–Kier alpha value is -3.16. The van der Waals surface area contributed by atoms with Crippen molar-refractivity contribution >= 4 is 28.8 Å². The molecule has 25 heavy (non-hydrogen) atoms. The quantitative estimate of drug-likeness (QED) is 0.827. The molecular weight excluding hydrogens is 336 g/mol. The Labute approximate surface area is 149 Å². The van der Waals surface area contributed by atoms with Crippen molar-refractivity contribution in [1.29, 1.82) is 10.5 Å². The van der Waals surface area contributed by atoms with E-state index in [1.165, 1.54) is 16.2 Å². The molecule has 0 spiro atoms. The van der Waals surface area contributed by atoms with Crippen LogP contribution in [0.3, 0.4) is 0 Å². The predicted octanol–water partition coefficient (Wildman–Crippen LogP) is 3.27. The minimum absolute atomic E-state index is 0.200. The van der Waals surface area contributed by atoms with Gasteiger partial charge in [-0.15, -0.1) is 11.3 Å². The highest BCUT2D eigenvalue weighted by atomic mass is 32.1. The molecule has 0 bridgehead atoms. The molecule has 0 aliphatic heterocycles. The van der Waals surface area contributed by atoms with Crippen LogP contribution in [-0.2, 0) is 0 Å². The van der Waals surface area contributed by atoms with Crippen LogP contribution in [-0.4, -0.2) is 29.8 Å². The molecule has 0 saturated carbocycles. The normalized spacial score (nSPS) is 9.68. The van der Waals surface area contributed by atoms with Crippen molar-refractivity contribution in [2.75, 3.05) is 18.4 Å². The van der Waals surface area contributed by atoms with E-state index in [0.717, 1.165) is 0 Å². The highest BCUT2D eigenvalue weighted by Crippen LogP contribution is 2.16. The van der Waals surface area contributed by atoms with E-state index in [-0.39, 0.29) is 37.7 Å². The van der Waals surface area contributed by atoms with Gasteiger partial charge in [-0.25, -0.2) is 0 Å². The average Bonchev–Trinajstić information content (AvgIpc) is 3.16. The zero-order valence-electron chi connectivity index (χ0n) is 13.4. The van der Waals surface area contributed by atoms with E-state index >= 15 is 0 Å². The first-order valence-electron chi connectivity index (χ1n) is 7.64. The van der Waals surface area contributed by atoms with E-state index in [1.807, 2.05) is 17.5 Å². The van der Waals surface area contributed by atoms with Gasteiger partial charge in [-0.1, -0.05) is 12.1 Å². The number of benzene rings is 1. The van der Waals surface area contributed by atoms with Crippen LogP contribution < -0.4 is 5.32 Å². The van der Waals surface area contributed by atoms with Crippen LogP contribution in [0.4, 0.5) is 5.69 Å². The number of nitrogens with zero attached hydrogens (tertiary/aromatic N) is 3. The molecule has 126 valence electrons. The van der Waals surface area contributed by atoms with E-state index in [0.29, 0.717) is 16.1 Å². The van der Waals surface area contributed by atoms with E-state index in [9.17, 15) is 9.59 Å². The third-order valence-corrected chi connectivity index (χ3v) is 4.26. The highest BCUT2D eigenvalue weighted by molar-refractivity contribution is 7.12. The highest BCUT2D eigenvalue weighted by Gasteiger charge is 2.16. The van der Waals surface area contributed by atoms with Gasteiger partial charge in [0.15, 0.2) is 0 Å². The first-order valence-corrected chi connectivity index (χ1v) is 8.51. The monoisotopic (exact) mass is 352 g/mol. The van der Waals surface area contributed by atoms with E-state index in [1.54, 1.807) is 36.4 Å². The van der Waals surface area contributed by atoms with Gasteiger partial charge in [0.05, 0.1) is 29.9 Å². The number of nitriles is 2. The molecule has 0 aliphatic carbocycles. The van der Waals surface area contributed by atoms with Gasteiger partial charge in [0, 0.05) is 24.3 Å². The molecule has 1 aromatic heterocycles. The molecule has 0 radical (unpaired) electrons. The maximum absolute atomic E-state index is 12.6. The number of carbonyl (C=O) groups is 2. The van der Waals surface area contributed by atoms with E-state index in [2.05, 4.69) is 5.32 Å². The lowest BCUT2D eigenvalue weighted by molar-refractivity contribution is 0.0762. The predicted molar refractivity (Wildman–Crippen MR) is 95.1 cm³/mol. The van der Waals surface area contributed by atoms with Crippen molar-refractivity contribution in [3.05, 3.63) is 52.2 Å². The van der Waals surface area contributed by atoms with Gasteiger partial charge >= 0.3 is 0 Å². The molecule has 1 heterocycles. The first kappa shape index (κ1) is 18.2. The van der Waals surface area contributed by atoms with Crippen LogP contribution in [0, 0.1) is 22.7 Å². The maximum atomic E-state index is 12.6. The summed E-state index contributed by atoms with van der Waals surface area (Å²) in [5.41, 5.74) is 0.921. The summed E-state index contributed by atoms with van der Waals surface area (Å²) in [5.74, 6) is -0.497. The van der Waals surface area contributed by atoms with Gasteiger partial charge in [0.1, 0.15) is 0 Å². The number of carbonyl (C=O) groups excluding carboxylic acids is 2. The van der Waals surface area contributed by atoms with Crippen LogP contribution in [0.15, 0.2) is 41.8 Å². The largest absolute Gasteiger partial charge is 0.337 e. The van der Waals surface area contributed by atoms with Crippen LogP contribution in [0.5, 0.6) is 0 Å². The topological polar surface area (TPSA) is 97.0 Å². The van der Waals surface area contributed by atoms with Gasteiger partial charge in [-0.05, 0) is 29.6 Å². The third kappa shape index (κ3) is 5.17. The molecule has 0 unspecified atom stereocenters. The number of hydrogen-bond acceptors (Lipinski definition) is 5. The van der Waals surface area contributed by atoms with Crippen molar-refractivity contribution in [3.63, 3.8) is 0 Å². The standard InChI is InChI=1S/C18H16N4O2S/c19-8-3-10-22(11-4-9-20)18(24)14-5-1-6-15(13-14)21-17(23)16-7-2-12-25-16/h1-2,5-7,12-13H,3-4,10-11H2,(H,21,23). The van der Waals surface area contributed by atoms with Crippen molar-refractivity contribution < 1.29 is 9.59 Å². The van der Waals surface area contributed by atoms with Gasteiger partial charge in [0.25, 0.3) is 11.8 Å². The number of thiophene rings is 1. The Morgan fingerprint density at radius 3 is 2.40 bits per heavy atom. The van der Waals surface area contributed by atoms with Gasteiger partial charge in [-0.3, -0.25) is 9.59 Å². The second-order valence-corrected chi connectivity index (χ2v) is 6.07. The molecule has 0 aliphatic rings. The van der Waals surface area contributed by atoms with Crippen molar-refractivity contribution in [2.45, 2.75) is 12.8 Å². The average molecular weight is 352 g/mol. The Kier molecular flexibility index (Phi) is 6.70. The molecule has 0 fully saturated rings. The number of anilines is 1. The smallest absolute Gasteiger partial charge is 0.265 e. The summed E-state index contributed by atoms with van der Waals surface area (Å²) in [5, 5.41) is 22.0. The summed E-state index contributed by atoms with van der Waals surface area (Å²) in [6.07, 6.45) is 0.401. The van der Waals surface area contributed by atoms with Crippen LogP contribution in [0.1, 0.15) is 32.9 Å². The molecule has 1 N–H and O–H groups in total. The zero-order chi connectivity index (χ0) is 18.1. The molecule has 1 aromatic carbocycles. The summed E-state index contributed by atoms with van der Waals surface area (Å²) < 4.78 is 0. The Balaban J connectivity index is 2.12. The SMILES string of the molecule is N#CCCN(CCC#N)C(=O)c1cccc(NC(=O)c2cccs2)c1. The molecule has 2 rings (SSSR count). The van der Waals surface area contributed by atoms with Crippen molar-refractivity contribution in [1.82, 2.24) is 4.90 Å². The Morgan fingerprint density at radius 1 is 1.08 bits per heavy atom. The summed E-state index contributed by atoms with van der Waals surface area (Å²) in [6, 6.07) is 14.2. The molecule has 0 saturated heterocycles. The summed E-state index contributed by atoms with van der Waals surface area (Å²) >= 11 is 1.34.